The smallest absolute Gasteiger partial charge is 0.410 e. The maximum absolute atomic E-state index is 12.4. The van der Waals surface area contributed by atoms with Gasteiger partial charge in [0.15, 0.2) is 0 Å². The van der Waals surface area contributed by atoms with Crippen LogP contribution in [-0.2, 0) is 4.74 Å². The lowest BCUT2D eigenvalue weighted by Gasteiger charge is -2.41. The van der Waals surface area contributed by atoms with Gasteiger partial charge >= 0.3 is 6.09 Å². The third-order valence-electron chi connectivity index (χ3n) is 3.86. The van der Waals surface area contributed by atoms with Crippen molar-refractivity contribution < 1.29 is 9.53 Å². The molecule has 1 rings (SSSR count). The summed E-state index contributed by atoms with van der Waals surface area (Å²) < 4.78 is 5.56. The van der Waals surface area contributed by atoms with Gasteiger partial charge in [-0.25, -0.2) is 4.79 Å². The summed E-state index contributed by atoms with van der Waals surface area (Å²) in [6.07, 6.45) is 4.29. The third-order valence-corrected chi connectivity index (χ3v) is 3.86. The number of hydrogen-bond acceptors (Lipinski definition) is 3. The van der Waals surface area contributed by atoms with Gasteiger partial charge in [-0.15, -0.1) is 0 Å². The number of carbonyl (C=O) groups excluding carboxylic acids is 1. The van der Waals surface area contributed by atoms with E-state index in [2.05, 4.69) is 19.2 Å². The summed E-state index contributed by atoms with van der Waals surface area (Å²) >= 11 is 0. The van der Waals surface area contributed by atoms with Crippen LogP contribution >= 0.6 is 0 Å². The first-order valence-electron chi connectivity index (χ1n) is 7.36. The monoisotopic (exact) mass is 270 g/mol. The van der Waals surface area contributed by atoms with Gasteiger partial charge in [-0.3, -0.25) is 0 Å². The molecule has 4 nitrogen and oxygen atoms in total. The van der Waals surface area contributed by atoms with Gasteiger partial charge in [-0.1, -0.05) is 12.8 Å². The Bertz CT molecular complexity index is 308. The Balaban J connectivity index is 2.88. The molecule has 1 aliphatic rings. The molecule has 1 saturated heterocycles. The van der Waals surface area contributed by atoms with Crippen LogP contribution in [0, 0.1) is 0 Å². The number of amides is 1. The zero-order chi connectivity index (χ0) is 14.7. The highest BCUT2D eigenvalue weighted by atomic mass is 16.6. The first-order chi connectivity index (χ1) is 8.67. The summed E-state index contributed by atoms with van der Waals surface area (Å²) in [5, 5.41) is 3.34. The number of likely N-dealkylation sites (tertiary alicyclic amines) is 1. The van der Waals surface area contributed by atoms with E-state index < -0.39 is 5.60 Å². The van der Waals surface area contributed by atoms with E-state index in [1.807, 2.05) is 32.7 Å². The molecule has 1 aliphatic heterocycles. The van der Waals surface area contributed by atoms with Gasteiger partial charge in [-0.05, 0) is 54.5 Å². The molecule has 1 N–H and O–H groups in total. The average Bonchev–Trinajstić information content (AvgIpc) is 2.52. The molecule has 19 heavy (non-hydrogen) atoms. The van der Waals surface area contributed by atoms with Gasteiger partial charge < -0.3 is 15.0 Å². The molecule has 112 valence electrons. The summed E-state index contributed by atoms with van der Waals surface area (Å²) in [5.41, 5.74) is -0.529. The Morgan fingerprint density at radius 2 is 1.79 bits per heavy atom. The molecule has 1 amide bonds. The van der Waals surface area contributed by atoms with Crippen molar-refractivity contribution in [3.63, 3.8) is 0 Å². The first-order valence-corrected chi connectivity index (χ1v) is 7.36. The fraction of sp³-hybridized carbons (Fsp3) is 0.933. The predicted molar refractivity (Wildman–Crippen MR) is 78.3 cm³/mol. The molecule has 1 atom stereocenters. The molecule has 0 saturated carbocycles. The molecule has 1 fully saturated rings. The van der Waals surface area contributed by atoms with E-state index >= 15 is 0 Å². The van der Waals surface area contributed by atoms with Gasteiger partial charge in [-0.2, -0.15) is 0 Å². The minimum atomic E-state index is -0.433. The molecule has 0 aromatic rings. The Labute approximate surface area is 117 Å². The lowest BCUT2D eigenvalue weighted by molar-refractivity contribution is 0.00707. The van der Waals surface area contributed by atoms with E-state index in [4.69, 9.17) is 4.74 Å². The van der Waals surface area contributed by atoms with Crippen molar-refractivity contribution >= 4 is 6.09 Å². The van der Waals surface area contributed by atoms with Gasteiger partial charge in [0.25, 0.3) is 0 Å². The summed E-state index contributed by atoms with van der Waals surface area (Å²) in [6, 6.07) is 0.190. The molecule has 0 spiro atoms. The van der Waals surface area contributed by atoms with Crippen LogP contribution in [0.15, 0.2) is 0 Å². The van der Waals surface area contributed by atoms with E-state index in [1.165, 1.54) is 12.8 Å². The minimum absolute atomic E-state index is 0.0960. The lowest BCUT2D eigenvalue weighted by Crippen LogP contribution is -2.58. The maximum atomic E-state index is 12.4. The fourth-order valence-corrected chi connectivity index (χ4v) is 2.56. The Morgan fingerprint density at radius 3 is 2.32 bits per heavy atom. The van der Waals surface area contributed by atoms with E-state index in [1.54, 1.807) is 0 Å². The standard InChI is InChI=1S/C15H30N2O2/c1-14(2,3)19-13(18)17-11-9-7-8-10-12(17)15(4,5)16-6/h12,16H,7-11H2,1-6H3. The number of rotatable bonds is 2. The van der Waals surface area contributed by atoms with Crippen molar-refractivity contribution in [2.24, 2.45) is 0 Å². The predicted octanol–water partition coefficient (Wildman–Crippen LogP) is 3.16. The molecule has 1 heterocycles. The average molecular weight is 270 g/mol. The number of nitrogens with zero attached hydrogens (tertiary/aromatic N) is 1. The Morgan fingerprint density at radius 1 is 1.16 bits per heavy atom. The Kier molecular flexibility index (Phi) is 5.25. The zero-order valence-electron chi connectivity index (χ0n) is 13.4. The second kappa shape index (κ2) is 6.12. The SMILES string of the molecule is CNC(C)(C)C1CCCCCN1C(=O)OC(C)(C)C. The normalized spacial score (nSPS) is 22.0. The topological polar surface area (TPSA) is 41.6 Å². The lowest BCUT2D eigenvalue weighted by atomic mass is 9.90. The van der Waals surface area contributed by atoms with Crippen molar-refractivity contribution in [1.29, 1.82) is 0 Å². The van der Waals surface area contributed by atoms with Gasteiger partial charge in [0.2, 0.25) is 0 Å². The number of hydrogen-bond donors (Lipinski definition) is 1. The largest absolute Gasteiger partial charge is 0.444 e. The van der Waals surface area contributed by atoms with Crippen LogP contribution in [0.4, 0.5) is 4.79 Å². The summed E-state index contributed by atoms with van der Waals surface area (Å²) in [4.78, 5) is 14.3. The van der Waals surface area contributed by atoms with Crippen molar-refractivity contribution in [1.82, 2.24) is 10.2 Å². The fourth-order valence-electron chi connectivity index (χ4n) is 2.56. The van der Waals surface area contributed by atoms with Crippen molar-refractivity contribution in [3.8, 4) is 0 Å². The highest BCUT2D eigenvalue weighted by Crippen LogP contribution is 2.27. The van der Waals surface area contributed by atoms with Gasteiger partial charge in [0.05, 0.1) is 6.04 Å². The van der Waals surface area contributed by atoms with Crippen LogP contribution in [0.25, 0.3) is 0 Å². The molecule has 0 aromatic heterocycles. The van der Waals surface area contributed by atoms with Crippen LogP contribution in [-0.4, -0.2) is 41.8 Å². The summed E-state index contributed by atoms with van der Waals surface area (Å²) in [5.74, 6) is 0. The van der Waals surface area contributed by atoms with Crippen LogP contribution in [0.1, 0.15) is 60.3 Å². The maximum Gasteiger partial charge on any atom is 0.410 e. The quantitative estimate of drug-likeness (QED) is 0.838. The number of ether oxygens (including phenoxy) is 1. The summed E-state index contributed by atoms with van der Waals surface area (Å²) in [7, 11) is 1.96. The van der Waals surface area contributed by atoms with Gasteiger partial charge in [0, 0.05) is 12.1 Å². The van der Waals surface area contributed by atoms with Crippen molar-refractivity contribution in [2.75, 3.05) is 13.6 Å². The minimum Gasteiger partial charge on any atom is -0.444 e. The molecular weight excluding hydrogens is 240 g/mol. The molecule has 0 aromatic carbocycles. The third kappa shape index (κ3) is 4.68. The van der Waals surface area contributed by atoms with E-state index in [9.17, 15) is 4.79 Å². The van der Waals surface area contributed by atoms with Crippen LogP contribution < -0.4 is 5.32 Å². The highest BCUT2D eigenvalue weighted by Gasteiger charge is 2.37. The second-order valence-electron chi connectivity index (χ2n) is 7.01. The van der Waals surface area contributed by atoms with Gasteiger partial charge in [0.1, 0.15) is 5.60 Å². The number of likely N-dealkylation sites (N-methyl/N-ethyl adjacent to an activating group) is 1. The van der Waals surface area contributed by atoms with E-state index in [-0.39, 0.29) is 17.7 Å². The van der Waals surface area contributed by atoms with Crippen LogP contribution in [0.5, 0.6) is 0 Å². The van der Waals surface area contributed by atoms with Crippen molar-refractivity contribution in [2.45, 2.75) is 77.5 Å². The zero-order valence-corrected chi connectivity index (χ0v) is 13.4. The number of nitrogens with one attached hydrogen (secondary N) is 1. The van der Waals surface area contributed by atoms with Crippen LogP contribution in [0.3, 0.4) is 0 Å². The second-order valence-corrected chi connectivity index (χ2v) is 7.01. The molecular formula is C15H30N2O2. The van der Waals surface area contributed by atoms with E-state index in [0.29, 0.717) is 0 Å². The number of carbonyl (C=O) groups is 1. The molecule has 1 unspecified atom stereocenters. The highest BCUT2D eigenvalue weighted by molar-refractivity contribution is 5.68. The van der Waals surface area contributed by atoms with Crippen LogP contribution in [0.2, 0.25) is 0 Å². The molecule has 4 heteroatoms. The molecule has 0 aliphatic carbocycles. The summed E-state index contributed by atoms with van der Waals surface area (Å²) in [6.45, 7) is 10.9. The van der Waals surface area contributed by atoms with E-state index in [0.717, 1.165) is 19.4 Å². The first kappa shape index (κ1) is 16.3. The van der Waals surface area contributed by atoms with Crippen molar-refractivity contribution in [3.05, 3.63) is 0 Å². The molecule has 0 bridgehead atoms. The molecule has 0 radical (unpaired) electrons. The Hall–Kier alpha value is -0.770.